The zero-order valence-electron chi connectivity index (χ0n) is 24.2. The van der Waals surface area contributed by atoms with Crippen LogP contribution in [0.15, 0.2) is 12.1 Å². The molecule has 0 heterocycles. The summed E-state index contributed by atoms with van der Waals surface area (Å²) in [5.74, 6) is -2.23. The average molecular weight is 561 g/mol. The van der Waals surface area contributed by atoms with E-state index < -0.39 is 23.1 Å². The number of carbonyl (C=O) groups excluding carboxylic acids is 2. The van der Waals surface area contributed by atoms with E-state index in [2.05, 4.69) is 17.6 Å². The molecule has 0 saturated heterocycles. The van der Waals surface area contributed by atoms with E-state index in [1.54, 1.807) is 6.92 Å². The van der Waals surface area contributed by atoms with Crippen molar-refractivity contribution < 1.29 is 33.4 Å². The third-order valence-corrected chi connectivity index (χ3v) is 9.51. The van der Waals surface area contributed by atoms with Gasteiger partial charge in [0.05, 0.1) is 30.1 Å². The zero-order chi connectivity index (χ0) is 28.9. The van der Waals surface area contributed by atoms with Gasteiger partial charge in [0, 0.05) is 18.7 Å². The summed E-state index contributed by atoms with van der Waals surface area (Å²) in [6.45, 7) is 4.58. The molecular formula is C31H45FN2O6. The molecule has 0 aliphatic heterocycles. The van der Waals surface area contributed by atoms with Crippen LogP contribution in [0.2, 0.25) is 0 Å². The van der Waals surface area contributed by atoms with Gasteiger partial charge in [-0.1, -0.05) is 39.0 Å². The summed E-state index contributed by atoms with van der Waals surface area (Å²) in [5.41, 5.74) is -0.494. The molecule has 3 fully saturated rings. The first-order chi connectivity index (χ1) is 19.0. The van der Waals surface area contributed by atoms with Crippen LogP contribution in [0.5, 0.6) is 11.5 Å². The van der Waals surface area contributed by atoms with Crippen LogP contribution >= 0.6 is 0 Å². The van der Waals surface area contributed by atoms with E-state index in [9.17, 15) is 23.9 Å². The van der Waals surface area contributed by atoms with Crippen molar-refractivity contribution in [3.63, 3.8) is 0 Å². The topological polar surface area (TPSA) is 114 Å². The predicted octanol–water partition coefficient (Wildman–Crippen LogP) is 5.62. The Balaban J connectivity index is 1.47. The van der Waals surface area contributed by atoms with Gasteiger partial charge in [-0.2, -0.15) is 0 Å². The zero-order valence-corrected chi connectivity index (χ0v) is 24.2. The highest BCUT2D eigenvalue weighted by molar-refractivity contribution is 5.98. The number of carbonyl (C=O) groups is 3. The summed E-state index contributed by atoms with van der Waals surface area (Å²) < 4.78 is 26.3. The van der Waals surface area contributed by atoms with Gasteiger partial charge in [-0.3, -0.25) is 14.4 Å². The number of aliphatic carboxylic acids is 1. The molecule has 0 aromatic heterocycles. The molecule has 2 atom stereocenters. The van der Waals surface area contributed by atoms with Gasteiger partial charge in [0.1, 0.15) is 5.75 Å². The second-order valence-corrected chi connectivity index (χ2v) is 12.7. The number of rotatable bonds is 9. The van der Waals surface area contributed by atoms with Gasteiger partial charge in [0.25, 0.3) is 5.91 Å². The standard InChI is InChI=1S/C31H45FN2O6/c1-30(13-8-14-30)19-33-27(35)21-9-6-4-5-7-10-24(21)34-28(36)22-17-26(23(32)18-25(22)39-3)40-20-11-15-31(2,16-12-20)29(37)38/h17-18,20-21,24H,4-16,19H2,1-3H3,(H,33,35)(H,34,36)(H,37,38)/t20-,21-,24+,31+/m1/s1. The first-order valence-corrected chi connectivity index (χ1v) is 14.9. The lowest BCUT2D eigenvalue weighted by molar-refractivity contribution is -0.150. The maximum Gasteiger partial charge on any atom is 0.309 e. The summed E-state index contributed by atoms with van der Waals surface area (Å²) in [7, 11) is 1.38. The Labute approximate surface area is 236 Å². The minimum Gasteiger partial charge on any atom is -0.496 e. The molecule has 0 spiro atoms. The highest BCUT2D eigenvalue weighted by atomic mass is 19.1. The van der Waals surface area contributed by atoms with Crippen molar-refractivity contribution in [1.82, 2.24) is 10.6 Å². The second-order valence-electron chi connectivity index (χ2n) is 12.7. The van der Waals surface area contributed by atoms with Crippen molar-refractivity contribution in [3.05, 3.63) is 23.5 Å². The van der Waals surface area contributed by atoms with Crippen LogP contribution in [0, 0.1) is 22.6 Å². The largest absolute Gasteiger partial charge is 0.496 e. The highest BCUT2D eigenvalue weighted by Gasteiger charge is 2.39. The minimum absolute atomic E-state index is 0.0129. The first kappa shape index (κ1) is 30.1. The summed E-state index contributed by atoms with van der Waals surface area (Å²) in [6.07, 6.45) is 10.3. The highest BCUT2D eigenvalue weighted by Crippen LogP contribution is 2.40. The van der Waals surface area contributed by atoms with Crippen molar-refractivity contribution in [1.29, 1.82) is 0 Å². The number of hydrogen-bond acceptors (Lipinski definition) is 5. The number of ether oxygens (including phenoxy) is 2. The molecule has 40 heavy (non-hydrogen) atoms. The van der Waals surface area contributed by atoms with Crippen LogP contribution in [0.4, 0.5) is 4.39 Å². The van der Waals surface area contributed by atoms with Crippen LogP contribution < -0.4 is 20.1 Å². The molecule has 2 amide bonds. The molecule has 0 unspecified atom stereocenters. The van der Waals surface area contributed by atoms with Gasteiger partial charge >= 0.3 is 5.97 Å². The van der Waals surface area contributed by atoms with Crippen molar-refractivity contribution >= 4 is 17.8 Å². The third-order valence-electron chi connectivity index (χ3n) is 9.51. The predicted molar refractivity (Wildman–Crippen MR) is 149 cm³/mol. The normalized spacial score (nSPS) is 28.2. The lowest BCUT2D eigenvalue weighted by Crippen LogP contribution is -2.49. The lowest BCUT2D eigenvalue weighted by Gasteiger charge is -2.39. The Hall–Kier alpha value is -2.84. The molecule has 4 rings (SSSR count). The lowest BCUT2D eigenvalue weighted by atomic mass is 9.70. The quantitative estimate of drug-likeness (QED) is 0.361. The molecule has 8 nitrogen and oxygen atoms in total. The Kier molecular flexibility index (Phi) is 9.62. The number of nitrogens with one attached hydrogen (secondary N) is 2. The molecule has 9 heteroatoms. The molecule has 3 saturated carbocycles. The molecule has 0 bridgehead atoms. The van der Waals surface area contributed by atoms with E-state index in [-0.39, 0.29) is 46.4 Å². The number of carboxylic acid groups (broad SMARTS) is 1. The summed E-state index contributed by atoms with van der Waals surface area (Å²) in [6, 6.07) is 2.17. The second kappa shape index (κ2) is 12.8. The third kappa shape index (κ3) is 7.07. The monoisotopic (exact) mass is 560 g/mol. The van der Waals surface area contributed by atoms with Gasteiger partial charge in [0.15, 0.2) is 11.6 Å². The molecule has 1 aromatic carbocycles. The molecule has 3 aliphatic rings. The Morgan fingerprint density at radius 1 is 0.950 bits per heavy atom. The fourth-order valence-corrected chi connectivity index (χ4v) is 6.32. The van der Waals surface area contributed by atoms with E-state index in [4.69, 9.17) is 9.47 Å². The van der Waals surface area contributed by atoms with E-state index >= 15 is 0 Å². The first-order valence-electron chi connectivity index (χ1n) is 14.9. The van der Waals surface area contributed by atoms with Crippen molar-refractivity contribution in [2.75, 3.05) is 13.7 Å². The van der Waals surface area contributed by atoms with Crippen molar-refractivity contribution in [3.8, 4) is 11.5 Å². The van der Waals surface area contributed by atoms with Gasteiger partial charge in [-0.15, -0.1) is 0 Å². The maximum atomic E-state index is 15.0. The fraction of sp³-hybridized carbons (Fsp3) is 0.710. The van der Waals surface area contributed by atoms with Gasteiger partial charge < -0.3 is 25.2 Å². The smallest absolute Gasteiger partial charge is 0.309 e. The van der Waals surface area contributed by atoms with Crippen molar-refractivity contribution in [2.24, 2.45) is 16.7 Å². The summed E-state index contributed by atoms with van der Waals surface area (Å²) in [4.78, 5) is 38.5. The number of amides is 2. The molecular weight excluding hydrogens is 515 g/mol. The van der Waals surface area contributed by atoms with Gasteiger partial charge in [-0.05, 0) is 69.8 Å². The SMILES string of the molecule is COc1cc(F)c(O[C@H]2CC[C@@](C)(C(=O)O)CC2)cc1C(=O)N[C@H]1CCCCCC[C@H]1C(=O)NCC1(C)CCC1. The molecule has 222 valence electrons. The minimum atomic E-state index is -0.834. The van der Waals surface area contributed by atoms with Crippen LogP contribution in [0.1, 0.15) is 108 Å². The number of carboxylic acids is 1. The number of benzene rings is 1. The van der Waals surface area contributed by atoms with Crippen LogP contribution in [0.25, 0.3) is 0 Å². The van der Waals surface area contributed by atoms with Crippen LogP contribution in [0.3, 0.4) is 0 Å². The van der Waals surface area contributed by atoms with Gasteiger partial charge in [-0.25, -0.2) is 4.39 Å². The Morgan fingerprint density at radius 3 is 2.23 bits per heavy atom. The average Bonchev–Trinajstić information content (AvgIpc) is 2.89. The van der Waals surface area contributed by atoms with Crippen LogP contribution in [-0.2, 0) is 9.59 Å². The van der Waals surface area contributed by atoms with E-state index in [1.807, 2.05) is 0 Å². The molecule has 0 radical (unpaired) electrons. The summed E-state index contributed by atoms with van der Waals surface area (Å²) >= 11 is 0. The number of halogens is 1. The molecule has 1 aromatic rings. The van der Waals surface area contributed by atoms with Crippen molar-refractivity contribution in [2.45, 2.75) is 109 Å². The number of methoxy groups -OCH3 is 1. The Bertz CT molecular complexity index is 1080. The van der Waals surface area contributed by atoms with Gasteiger partial charge in [0.2, 0.25) is 5.91 Å². The number of hydrogen-bond donors (Lipinski definition) is 3. The van der Waals surface area contributed by atoms with E-state index in [1.165, 1.54) is 19.6 Å². The molecule has 3 aliphatic carbocycles. The fourth-order valence-electron chi connectivity index (χ4n) is 6.32. The van der Waals surface area contributed by atoms with E-state index in [0.717, 1.165) is 44.6 Å². The van der Waals surface area contributed by atoms with Crippen LogP contribution in [-0.4, -0.2) is 48.7 Å². The van der Waals surface area contributed by atoms with E-state index in [0.29, 0.717) is 45.1 Å². The summed E-state index contributed by atoms with van der Waals surface area (Å²) in [5, 5.41) is 15.7. The molecule has 3 N–H and O–H groups in total. The Morgan fingerprint density at radius 2 is 1.62 bits per heavy atom. The maximum absolute atomic E-state index is 15.0.